The highest BCUT2D eigenvalue weighted by Crippen LogP contribution is 2.40. The number of piperazine rings is 1. The molecule has 0 saturated carbocycles. The standard InChI is InChI=1S/C20H28N4O5.2ClH/c1-26-17-11-16(12-18(27-2)19(17)28-3)29-14-15(25)13-23-7-9-24(10-8-23)20-21-5-4-6-22-20;;/h4-6,11-12,15,25H,7-10,13-14H2,1-3H3;2*1H. The van der Waals surface area contributed by atoms with Crippen LogP contribution >= 0.6 is 0 Å². The zero-order valence-electron chi connectivity index (χ0n) is 17.9. The summed E-state index contributed by atoms with van der Waals surface area (Å²) >= 11 is 0. The summed E-state index contributed by atoms with van der Waals surface area (Å²) in [6.45, 7) is 4.48. The van der Waals surface area contributed by atoms with Crippen LogP contribution in [0.5, 0.6) is 23.0 Å². The van der Waals surface area contributed by atoms with Crippen molar-refractivity contribution in [2.75, 3.05) is 65.6 Å². The van der Waals surface area contributed by atoms with Gasteiger partial charge in [-0.3, -0.25) is 4.90 Å². The average Bonchev–Trinajstić information content (AvgIpc) is 2.78. The summed E-state index contributed by atoms with van der Waals surface area (Å²) in [6, 6.07) is 5.32. The van der Waals surface area contributed by atoms with Crippen LogP contribution < -0.4 is 58.5 Å². The van der Waals surface area contributed by atoms with Gasteiger partial charge in [0, 0.05) is 18.2 Å². The number of halogens is 2. The number of nitrogens with zero attached hydrogens (tertiary/aromatic N) is 2. The molecule has 1 aromatic carbocycles. The molecule has 3 N–H and O–H groups in total. The van der Waals surface area contributed by atoms with Gasteiger partial charge in [0.05, 0.1) is 27.5 Å². The molecule has 1 fully saturated rings. The van der Waals surface area contributed by atoms with Crippen LogP contribution in [0.15, 0.2) is 30.6 Å². The van der Waals surface area contributed by atoms with Crippen molar-refractivity contribution in [2.24, 2.45) is 0 Å². The summed E-state index contributed by atoms with van der Waals surface area (Å²) in [5.74, 6) is 2.99. The summed E-state index contributed by atoms with van der Waals surface area (Å²) in [7, 11) is 4.67. The van der Waals surface area contributed by atoms with Crippen molar-refractivity contribution in [3.8, 4) is 23.0 Å². The van der Waals surface area contributed by atoms with Crippen LogP contribution in [-0.4, -0.2) is 76.9 Å². The number of nitrogens with one attached hydrogen (secondary N) is 2. The molecule has 0 bridgehead atoms. The van der Waals surface area contributed by atoms with Gasteiger partial charge in [-0.05, 0) is 0 Å². The molecule has 0 aliphatic carbocycles. The molecular formula is C20H30Cl2N4O5. The summed E-state index contributed by atoms with van der Waals surface area (Å²) in [6.07, 6.45) is 3.10. The van der Waals surface area contributed by atoms with E-state index in [1.807, 2.05) is 12.3 Å². The molecule has 11 heteroatoms. The van der Waals surface area contributed by atoms with Gasteiger partial charge in [0.25, 0.3) is 0 Å². The number of aliphatic hydroxyl groups excluding tert-OH is 1. The summed E-state index contributed by atoms with van der Waals surface area (Å²) in [4.78, 5) is 11.1. The lowest BCUT2D eigenvalue weighted by molar-refractivity contribution is -0.903. The number of benzene rings is 1. The second-order valence-corrected chi connectivity index (χ2v) is 6.87. The summed E-state index contributed by atoms with van der Waals surface area (Å²) < 4.78 is 21.8. The number of methoxy groups -OCH3 is 3. The normalized spacial score (nSPS) is 14.6. The molecule has 0 amide bonds. The lowest BCUT2D eigenvalue weighted by atomic mass is 10.2. The Morgan fingerprint density at radius 3 is 2.26 bits per heavy atom. The predicted molar refractivity (Wildman–Crippen MR) is 106 cm³/mol. The average molecular weight is 477 g/mol. The fraction of sp³-hybridized carbons (Fsp3) is 0.500. The third-order valence-electron chi connectivity index (χ3n) is 4.97. The van der Waals surface area contributed by atoms with Crippen LogP contribution in [0, 0.1) is 0 Å². The van der Waals surface area contributed by atoms with E-state index in [0.717, 1.165) is 32.1 Å². The molecule has 1 saturated heterocycles. The van der Waals surface area contributed by atoms with Gasteiger partial charge in [0.15, 0.2) is 11.5 Å². The number of aromatic amines is 1. The topological polar surface area (TPSA) is 91.9 Å². The van der Waals surface area contributed by atoms with E-state index in [1.165, 1.54) is 4.90 Å². The minimum absolute atomic E-state index is 0. The highest BCUT2D eigenvalue weighted by atomic mass is 35.5. The molecule has 2 heterocycles. The van der Waals surface area contributed by atoms with E-state index in [1.54, 1.807) is 39.7 Å². The van der Waals surface area contributed by atoms with Crippen molar-refractivity contribution in [3.63, 3.8) is 0 Å². The maximum absolute atomic E-state index is 10.4. The van der Waals surface area contributed by atoms with E-state index in [-0.39, 0.29) is 31.4 Å². The van der Waals surface area contributed by atoms with Crippen molar-refractivity contribution in [3.05, 3.63) is 30.6 Å². The molecule has 2 aromatic rings. The van der Waals surface area contributed by atoms with Gasteiger partial charge < -0.3 is 53.8 Å². The summed E-state index contributed by atoms with van der Waals surface area (Å²) in [5.41, 5.74) is 0. The lowest BCUT2D eigenvalue weighted by Gasteiger charge is -2.29. The van der Waals surface area contributed by atoms with E-state index in [2.05, 4.69) is 14.9 Å². The Hall–Kier alpha value is -2.20. The van der Waals surface area contributed by atoms with E-state index in [4.69, 9.17) is 18.9 Å². The van der Waals surface area contributed by atoms with Crippen LogP contribution in [0.4, 0.5) is 5.95 Å². The number of aromatic nitrogens is 2. The highest BCUT2D eigenvalue weighted by molar-refractivity contribution is 5.55. The smallest absolute Gasteiger partial charge is 0.391 e. The van der Waals surface area contributed by atoms with E-state index >= 15 is 0 Å². The summed E-state index contributed by atoms with van der Waals surface area (Å²) in [5, 5.41) is 10.4. The van der Waals surface area contributed by atoms with Gasteiger partial charge in [-0.2, -0.15) is 0 Å². The Balaban J connectivity index is 0.00000240. The fourth-order valence-corrected chi connectivity index (χ4v) is 3.45. The number of quaternary nitrogens is 1. The second kappa shape index (κ2) is 13.3. The Bertz CT molecular complexity index is 754. The zero-order chi connectivity index (χ0) is 20.6. The largest absolute Gasteiger partial charge is 1.00 e. The van der Waals surface area contributed by atoms with Crippen LogP contribution in [0.2, 0.25) is 0 Å². The number of aliphatic hydroxyl groups is 1. The van der Waals surface area contributed by atoms with Crippen LogP contribution in [-0.2, 0) is 0 Å². The number of anilines is 1. The monoisotopic (exact) mass is 476 g/mol. The molecule has 1 unspecified atom stereocenters. The van der Waals surface area contributed by atoms with Gasteiger partial charge in [0.1, 0.15) is 57.4 Å². The molecule has 174 valence electrons. The molecule has 9 nitrogen and oxygen atoms in total. The van der Waals surface area contributed by atoms with Gasteiger partial charge in [-0.25, -0.2) is 4.98 Å². The van der Waals surface area contributed by atoms with Gasteiger partial charge in [-0.1, -0.05) is 4.98 Å². The molecule has 1 atom stereocenters. The van der Waals surface area contributed by atoms with E-state index in [9.17, 15) is 5.11 Å². The zero-order valence-corrected chi connectivity index (χ0v) is 19.4. The van der Waals surface area contributed by atoms with Gasteiger partial charge in [-0.15, -0.1) is 0 Å². The lowest BCUT2D eigenvalue weighted by Crippen LogP contribution is -3.16. The first-order valence-corrected chi connectivity index (χ1v) is 9.66. The molecule has 1 aliphatic heterocycles. The van der Waals surface area contributed by atoms with Crippen LogP contribution in [0.1, 0.15) is 0 Å². The molecule has 0 radical (unpaired) electrons. The number of H-pyrrole nitrogens is 1. The first-order chi connectivity index (χ1) is 14.1. The molecule has 1 aromatic heterocycles. The molecule has 1 aliphatic rings. The first kappa shape index (κ1) is 26.8. The first-order valence-electron chi connectivity index (χ1n) is 9.66. The third kappa shape index (κ3) is 7.17. The Morgan fingerprint density at radius 2 is 1.74 bits per heavy atom. The minimum Gasteiger partial charge on any atom is -1.00 e. The number of ether oxygens (including phenoxy) is 4. The number of hydrogen-bond acceptors (Lipinski definition) is 7. The van der Waals surface area contributed by atoms with Crippen molar-refractivity contribution >= 4 is 5.95 Å². The van der Waals surface area contributed by atoms with Crippen LogP contribution in [0.3, 0.4) is 0 Å². The van der Waals surface area contributed by atoms with Crippen molar-refractivity contribution in [1.82, 2.24) is 4.98 Å². The van der Waals surface area contributed by atoms with Crippen molar-refractivity contribution < 1.29 is 58.8 Å². The Labute approximate surface area is 195 Å². The second-order valence-electron chi connectivity index (χ2n) is 6.87. The quantitative estimate of drug-likeness (QED) is 0.371. The molecular weight excluding hydrogens is 447 g/mol. The van der Waals surface area contributed by atoms with Crippen LogP contribution in [0.25, 0.3) is 0 Å². The number of hydrogen-bond donors (Lipinski definition) is 2. The Kier molecular flexibility index (Phi) is 11.5. The molecule has 3 rings (SSSR count). The molecule has 0 spiro atoms. The van der Waals surface area contributed by atoms with Gasteiger partial charge >= 0.3 is 5.95 Å². The molecule has 31 heavy (non-hydrogen) atoms. The maximum Gasteiger partial charge on any atom is 0.391 e. The predicted octanol–water partition coefficient (Wildman–Crippen LogP) is -6.93. The maximum atomic E-state index is 10.4. The third-order valence-corrected chi connectivity index (χ3v) is 4.97. The number of rotatable bonds is 9. The van der Waals surface area contributed by atoms with Crippen molar-refractivity contribution in [1.29, 1.82) is 0 Å². The van der Waals surface area contributed by atoms with E-state index in [0.29, 0.717) is 29.5 Å². The van der Waals surface area contributed by atoms with E-state index < -0.39 is 6.10 Å². The fourth-order valence-electron chi connectivity index (χ4n) is 3.45. The highest BCUT2D eigenvalue weighted by Gasteiger charge is 2.28. The Morgan fingerprint density at radius 1 is 1.10 bits per heavy atom. The minimum atomic E-state index is -0.572. The van der Waals surface area contributed by atoms with Gasteiger partial charge in [0.2, 0.25) is 5.75 Å². The SMILES string of the molecule is COc1cc(OCC(O)C[NH+]2CCN(c3nccc[nH+]3)CC2)cc(OC)c1OC.[Cl-].[Cl-]. The van der Waals surface area contributed by atoms with Crippen molar-refractivity contribution in [2.45, 2.75) is 6.10 Å².